The lowest BCUT2D eigenvalue weighted by atomic mass is 9.79. The second-order valence-corrected chi connectivity index (χ2v) is 9.10. The van der Waals surface area contributed by atoms with Gasteiger partial charge >= 0.3 is 6.09 Å². The molecule has 1 atom stereocenters. The Morgan fingerprint density at radius 2 is 1.79 bits per heavy atom. The standard InChI is InChI=1S/C21H23Br2NO5/c1-12(26)13-4-6-15(7-5-13)24-20(28)29-19(21(2,3)8-9-25)16-10-14(22)11-17(23)18(16)27/h4-7,10-11,19,25,27H,8-9H2,1-3H3,(H,24,28)/t19-/m1/s1. The van der Waals surface area contributed by atoms with Gasteiger partial charge in [-0.15, -0.1) is 0 Å². The van der Waals surface area contributed by atoms with Crippen molar-refractivity contribution in [3.63, 3.8) is 0 Å². The summed E-state index contributed by atoms with van der Waals surface area (Å²) < 4.78 is 6.85. The van der Waals surface area contributed by atoms with E-state index in [-0.39, 0.29) is 18.1 Å². The number of rotatable bonds is 7. The summed E-state index contributed by atoms with van der Waals surface area (Å²) in [6.07, 6.45) is -1.20. The van der Waals surface area contributed by atoms with E-state index in [1.54, 1.807) is 36.4 Å². The van der Waals surface area contributed by atoms with Crippen LogP contribution in [0.4, 0.5) is 10.5 Å². The van der Waals surface area contributed by atoms with Gasteiger partial charge in [0, 0.05) is 33.3 Å². The Morgan fingerprint density at radius 1 is 1.17 bits per heavy atom. The van der Waals surface area contributed by atoms with Crippen LogP contribution in [0.1, 0.15) is 49.2 Å². The third-order valence-corrected chi connectivity index (χ3v) is 5.63. The van der Waals surface area contributed by atoms with Crippen LogP contribution in [-0.2, 0) is 4.74 Å². The van der Waals surface area contributed by atoms with Crippen LogP contribution in [0.2, 0.25) is 0 Å². The van der Waals surface area contributed by atoms with E-state index in [4.69, 9.17) is 4.74 Å². The molecule has 0 aliphatic carbocycles. The molecule has 2 aromatic rings. The van der Waals surface area contributed by atoms with Crippen LogP contribution in [0.5, 0.6) is 5.75 Å². The number of amides is 1. The Kier molecular flexibility index (Phi) is 7.85. The molecule has 0 saturated heterocycles. The van der Waals surface area contributed by atoms with E-state index >= 15 is 0 Å². The number of aliphatic hydroxyl groups excluding tert-OH is 1. The fraction of sp³-hybridized carbons (Fsp3) is 0.333. The number of carbonyl (C=O) groups excluding carboxylic acids is 2. The van der Waals surface area contributed by atoms with Crippen molar-refractivity contribution in [2.75, 3.05) is 11.9 Å². The predicted octanol–water partition coefficient (Wildman–Crippen LogP) is 5.82. The van der Waals surface area contributed by atoms with Crippen LogP contribution < -0.4 is 5.32 Å². The van der Waals surface area contributed by atoms with Gasteiger partial charge in [0.15, 0.2) is 5.78 Å². The Morgan fingerprint density at radius 3 is 2.34 bits per heavy atom. The molecule has 0 radical (unpaired) electrons. The molecule has 0 unspecified atom stereocenters. The van der Waals surface area contributed by atoms with Crippen LogP contribution in [0.25, 0.3) is 0 Å². The van der Waals surface area contributed by atoms with Gasteiger partial charge in [-0.3, -0.25) is 10.1 Å². The third-order valence-electron chi connectivity index (χ3n) is 4.57. The van der Waals surface area contributed by atoms with E-state index in [1.165, 1.54) is 6.92 Å². The monoisotopic (exact) mass is 527 g/mol. The topological polar surface area (TPSA) is 95.9 Å². The van der Waals surface area contributed by atoms with E-state index < -0.39 is 17.6 Å². The third kappa shape index (κ3) is 6.04. The summed E-state index contributed by atoms with van der Waals surface area (Å²) in [5.41, 5.74) is 0.752. The highest BCUT2D eigenvalue weighted by molar-refractivity contribution is 9.11. The number of hydrogen-bond acceptors (Lipinski definition) is 5. The summed E-state index contributed by atoms with van der Waals surface area (Å²) in [5, 5.41) is 22.6. The van der Waals surface area contributed by atoms with E-state index in [9.17, 15) is 19.8 Å². The maximum Gasteiger partial charge on any atom is 0.412 e. The highest BCUT2D eigenvalue weighted by Crippen LogP contribution is 2.45. The molecule has 0 bridgehead atoms. The zero-order chi connectivity index (χ0) is 21.8. The summed E-state index contributed by atoms with van der Waals surface area (Å²) in [4.78, 5) is 24.0. The predicted molar refractivity (Wildman–Crippen MR) is 118 cm³/mol. The van der Waals surface area contributed by atoms with Crippen LogP contribution in [0, 0.1) is 5.41 Å². The molecule has 156 valence electrons. The Balaban J connectivity index is 2.30. The smallest absolute Gasteiger partial charge is 0.412 e. The molecule has 2 aromatic carbocycles. The van der Waals surface area contributed by atoms with E-state index in [0.717, 1.165) is 0 Å². The van der Waals surface area contributed by atoms with Crippen molar-refractivity contribution in [3.8, 4) is 5.75 Å². The Labute approximate surface area is 186 Å². The second kappa shape index (κ2) is 9.73. The molecule has 1 amide bonds. The first-order chi connectivity index (χ1) is 13.5. The van der Waals surface area contributed by atoms with Crippen LogP contribution >= 0.6 is 31.9 Å². The van der Waals surface area contributed by atoms with Crippen molar-refractivity contribution in [2.24, 2.45) is 5.41 Å². The van der Waals surface area contributed by atoms with Gasteiger partial charge in [0.25, 0.3) is 0 Å². The number of nitrogens with one attached hydrogen (secondary N) is 1. The molecule has 6 nitrogen and oxygen atoms in total. The molecule has 0 spiro atoms. The van der Waals surface area contributed by atoms with Gasteiger partial charge in [0.1, 0.15) is 11.9 Å². The van der Waals surface area contributed by atoms with Crippen LogP contribution in [-0.4, -0.2) is 28.7 Å². The molecule has 0 aliphatic heterocycles. The lowest BCUT2D eigenvalue weighted by molar-refractivity contribution is 0.0138. The minimum Gasteiger partial charge on any atom is -0.506 e. The molecule has 3 N–H and O–H groups in total. The van der Waals surface area contributed by atoms with Crippen LogP contribution in [0.3, 0.4) is 0 Å². The Bertz CT molecular complexity index is 897. The number of aromatic hydroxyl groups is 1. The first kappa shape index (κ1) is 23.4. The summed E-state index contributed by atoms with van der Waals surface area (Å²) in [6, 6.07) is 9.81. The summed E-state index contributed by atoms with van der Waals surface area (Å²) >= 11 is 6.68. The van der Waals surface area contributed by atoms with Crippen molar-refractivity contribution in [2.45, 2.75) is 33.3 Å². The normalized spacial score (nSPS) is 12.3. The lowest BCUT2D eigenvalue weighted by Crippen LogP contribution is -2.30. The molecular formula is C21H23Br2NO5. The number of carbonyl (C=O) groups is 2. The fourth-order valence-electron chi connectivity index (χ4n) is 2.89. The number of Topliss-reactive ketones (excluding diaryl/α,β-unsaturated/α-hetero) is 1. The van der Waals surface area contributed by atoms with Gasteiger partial charge in [0.2, 0.25) is 0 Å². The quantitative estimate of drug-likeness (QED) is 0.393. The SMILES string of the molecule is CC(=O)c1ccc(NC(=O)O[C@H](c2cc(Br)cc(Br)c2O)C(C)(C)CCO)cc1. The number of phenolic OH excluding ortho intramolecular Hbond substituents is 1. The molecule has 29 heavy (non-hydrogen) atoms. The summed E-state index contributed by atoms with van der Waals surface area (Å²) in [6.45, 7) is 5.05. The first-order valence-electron chi connectivity index (χ1n) is 8.92. The van der Waals surface area contributed by atoms with E-state index in [0.29, 0.717) is 32.2 Å². The number of ketones is 1. The lowest BCUT2D eigenvalue weighted by Gasteiger charge is -2.34. The molecule has 0 aliphatic rings. The molecule has 2 rings (SSSR count). The van der Waals surface area contributed by atoms with Crippen molar-refractivity contribution < 1.29 is 24.5 Å². The molecular weight excluding hydrogens is 506 g/mol. The zero-order valence-corrected chi connectivity index (χ0v) is 19.5. The molecule has 0 saturated carbocycles. The number of phenols is 1. The zero-order valence-electron chi connectivity index (χ0n) is 16.3. The minimum absolute atomic E-state index is 0.0391. The number of aliphatic hydroxyl groups is 1. The average molecular weight is 529 g/mol. The summed E-state index contributed by atoms with van der Waals surface area (Å²) in [7, 11) is 0. The van der Waals surface area contributed by atoms with Crippen LogP contribution in [0.15, 0.2) is 45.3 Å². The van der Waals surface area contributed by atoms with Crippen molar-refractivity contribution in [1.82, 2.24) is 0 Å². The molecule has 0 aromatic heterocycles. The van der Waals surface area contributed by atoms with E-state index in [2.05, 4.69) is 37.2 Å². The Hall–Kier alpha value is -1.90. The van der Waals surface area contributed by atoms with Gasteiger partial charge in [-0.1, -0.05) is 29.8 Å². The van der Waals surface area contributed by atoms with Gasteiger partial charge < -0.3 is 14.9 Å². The minimum atomic E-state index is -0.833. The van der Waals surface area contributed by atoms with E-state index in [1.807, 2.05) is 13.8 Å². The first-order valence-corrected chi connectivity index (χ1v) is 10.5. The molecule has 0 heterocycles. The van der Waals surface area contributed by atoms with Gasteiger partial charge in [-0.05, 0) is 65.7 Å². The van der Waals surface area contributed by atoms with Crippen molar-refractivity contribution >= 4 is 49.4 Å². The number of benzene rings is 2. The average Bonchev–Trinajstić information content (AvgIpc) is 2.63. The number of anilines is 1. The maximum atomic E-state index is 12.6. The number of hydrogen-bond donors (Lipinski definition) is 3. The molecule has 8 heteroatoms. The van der Waals surface area contributed by atoms with Crippen molar-refractivity contribution in [3.05, 3.63) is 56.5 Å². The highest BCUT2D eigenvalue weighted by Gasteiger charge is 2.36. The van der Waals surface area contributed by atoms with Gasteiger partial charge in [-0.2, -0.15) is 0 Å². The number of halogens is 2. The second-order valence-electron chi connectivity index (χ2n) is 7.33. The largest absolute Gasteiger partial charge is 0.506 e. The maximum absolute atomic E-state index is 12.6. The number of ether oxygens (including phenoxy) is 1. The molecule has 0 fully saturated rings. The highest BCUT2D eigenvalue weighted by atomic mass is 79.9. The van der Waals surface area contributed by atoms with Gasteiger partial charge in [0.05, 0.1) is 4.47 Å². The fourth-order valence-corrected chi connectivity index (χ4v) is 4.15. The van der Waals surface area contributed by atoms with Crippen molar-refractivity contribution in [1.29, 1.82) is 0 Å². The summed E-state index contributed by atoms with van der Waals surface area (Å²) in [5.74, 6) is -0.108. The van der Waals surface area contributed by atoms with Gasteiger partial charge in [-0.25, -0.2) is 4.79 Å².